The zero-order valence-electron chi connectivity index (χ0n) is 9.54. The van der Waals surface area contributed by atoms with E-state index in [0.29, 0.717) is 9.79 Å². The first-order chi connectivity index (χ1) is 9.11. The number of hydrogen-bond donors (Lipinski definition) is 0. The number of nitrogens with zero attached hydrogens (tertiary/aromatic N) is 2. The van der Waals surface area contributed by atoms with Gasteiger partial charge in [0.05, 0.1) is 4.92 Å². The lowest BCUT2D eigenvalue weighted by atomic mass is 10.2. The molecule has 19 heavy (non-hydrogen) atoms. The van der Waals surface area contributed by atoms with E-state index in [0.717, 1.165) is 11.8 Å². The molecule has 0 aliphatic rings. The Hall–Kier alpha value is -2.39. The second kappa shape index (κ2) is 5.50. The average molecular weight is 274 g/mol. The van der Waals surface area contributed by atoms with Gasteiger partial charge in [-0.05, 0) is 24.3 Å². The lowest BCUT2D eigenvalue weighted by molar-refractivity contribution is -0.385. The topological polar surface area (TPSA) is 66.9 Å². The zero-order chi connectivity index (χ0) is 13.8. The van der Waals surface area contributed by atoms with E-state index >= 15 is 0 Å². The minimum atomic E-state index is -0.603. The minimum absolute atomic E-state index is 0.0123. The quantitative estimate of drug-likeness (QED) is 0.631. The highest BCUT2D eigenvalue weighted by Crippen LogP contribution is 2.34. The van der Waals surface area contributed by atoms with Crippen molar-refractivity contribution in [2.75, 3.05) is 0 Å². The van der Waals surface area contributed by atoms with Crippen molar-refractivity contribution in [3.05, 3.63) is 64.0 Å². The zero-order valence-corrected chi connectivity index (χ0v) is 10.4. The summed E-state index contributed by atoms with van der Waals surface area (Å²) in [6, 6.07) is 12.0. The van der Waals surface area contributed by atoms with Gasteiger partial charge in [0.2, 0.25) is 0 Å². The van der Waals surface area contributed by atoms with E-state index in [1.165, 1.54) is 24.3 Å². The van der Waals surface area contributed by atoms with E-state index in [1.807, 2.05) is 6.07 Å². The molecule has 0 unspecified atom stereocenters. The summed E-state index contributed by atoms with van der Waals surface area (Å²) in [6.07, 6.45) is 0. The van der Waals surface area contributed by atoms with Gasteiger partial charge in [0.15, 0.2) is 0 Å². The first-order valence-corrected chi connectivity index (χ1v) is 6.04. The molecule has 0 aromatic heterocycles. The number of halogens is 1. The van der Waals surface area contributed by atoms with E-state index in [4.69, 9.17) is 5.26 Å². The molecule has 0 spiro atoms. The highest BCUT2D eigenvalue weighted by atomic mass is 32.2. The summed E-state index contributed by atoms with van der Waals surface area (Å²) in [5.41, 5.74) is -0.259. The Balaban J connectivity index is 2.44. The number of benzene rings is 2. The van der Waals surface area contributed by atoms with E-state index in [-0.39, 0.29) is 11.3 Å². The van der Waals surface area contributed by atoms with Crippen LogP contribution in [-0.4, -0.2) is 4.92 Å². The van der Waals surface area contributed by atoms with Crippen LogP contribution in [0.15, 0.2) is 52.3 Å². The van der Waals surface area contributed by atoms with Gasteiger partial charge in [-0.15, -0.1) is 0 Å². The monoisotopic (exact) mass is 274 g/mol. The molecule has 0 atom stereocenters. The molecule has 94 valence electrons. The minimum Gasteiger partial charge on any atom is -0.258 e. The van der Waals surface area contributed by atoms with Crippen LogP contribution in [0.4, 0.5) is 10.1 Å². The van der Waals surface area contributed by atoms with Crippen molar-refractivity contribution in [2.45, 2.75) is 9.79 Å². The van der Waals surface area contributed by atoms with Crippen LogP contribution in [0.3, 0.4) is 0 Å². The van der Waals surface area contributed by atoms with Crippen molar-refractivity contribution >= 4 is 17.4 Å². The van der Waals surface area contributed by atoms with E-state index < -0.39 is 10.7 Å². The van der Waals surface area contributed by atoms with Crippen LogP contribution in [0.2, 0.25) is 0 Å². The summed E-state index contributed by atoms with van der Waals surface area (Å²) in [5, 5.41) is 19.9. The summed E-state index contributed by atoms with van der Waals surface area (Å²) in [6.45, 7) is 0. The van der Waals surface area contributed by atoms with Gasteiger partial charge in [-0.3, -0.25) is 10.1 Å². The Morgan fingerprint density at radius 1 is 1.26 bits per heavy atom. The molecule has 0 radical (unpaired) electrons. The van der Waals surface area contributed by atoms with Crippen LogP contribution in [0.25, 0.3) is 0 Å². The van der Waals surface area contributed by atoms with Gasteiger partial charge in [0, 0.05) is 15.9 Å². The second-order valence-corrected chi connectivity index (χ2v) is 4.69. The lowest BCUT2D eigenvalue weighted by Gasteiger charge is -2.04. The molecule has 0 heterocycles. The number of rotatable bonds is 3. The van der Waals surface area contributed by atoms with Crippen LogP contribution in [0, 0.1) is 27.3 Å². The maximum absolute atomic E-state index is 13.1. The molecule has 0 saturated carbocycles. The second-order valence-electron chi connectivity index (χ2n) is 3.58. The Morgan fingerprint density at radius 2 is 2.00 bits per heavy atom. The molecule has 0 fully saturated rings. The Labute approximate surface area is 112 Å². The summed E-state index contributed by atoms with van der Waals surface area (Å²) in [7, 11) is 0. The molecule has 0 aliphatic carbocycles. The Bertz CT molecular complexity index is 683. The number of nitro groups is 1. The van der Waals surface area contributed by atoms with Crippen molar-refractivity contribution in [3.63, 3.8) is 0 Å². The van der Waals surface area contributed by atoms with Crippen LogP contribution >= 0.6 is 11.8 Å². The van der Waals surface area contributed by atoms with Crippen LogP contribution in [0.1, 0.15) is 5.56 Å². The van der Waals surface area contributed by atoms with E-state index in [9.17, 15) is 14.5 Å². The van der Waals surface area contributed by atoms with Crippen LogP contribution in [0.5, 0.6) is 0 Å². The summed E-state index contributed by atoms with van der Waals surface area (Å²) in [5.74, 6) is -0.395. The van der Waals surface area contributed by atoms with Gasteiger partial charge < -0.3 is 0 Å². The van der Waals surface area contributed by atoms with Crippen LogP contribution < -0.4 is 0 Å². The molecule has 2 aromatic carbocycles. The molecule has 6 heteroatoms. The lowest BCUT2D eigenvalue weighted by Crippen LogP contribution is -1.93. The first kappa shape index (κ1) is 13.1. The third kappa shape index (κ3) is 2.89. The van der Waals surface area contributed by atoms with Gasteiger partial charge in [0.25, 0.3) is 5.69 Å². The molecule has 2 rings (SSSR count). The number of nitriles is 1. The fourth-order valence-electron chi connectivity index (χ4n) is 1.53. The Morgan fingerprint density at radius 3 is 2.63 bits per heavy atom. The third-order valence-electron chi connectivity index (χ3n) is 2.34. The SMILES string of the molecule is N#Cc1c(Sc2cccc(F)c2)cccc1[N+](=O)[O-]. The molecule has 2 aromatic rings. The van der Waals surface area contributed by atoms with E-state index in [2.05, 4.69) is 0 Å². The summed E-state index contributed by atoms with van der Waals surface area (Å²) < 4.78 is 13.1. The Kier molecular flexibility index (Phi) is 3.78. The summed E-state index contributed by atoms with van der Waals surface area (Å²) >= 11 is 1.12. The maximum atomic E-state index is 13.1. The van der Waals surface area contributed by atoms with Gasteiger partial charge in [-0.1, -0.05) is 23.9 Å². The average Bonchev–Trinajstić information content (AvgIpc) is 2.38. The third-order valence-corrected chi connectivity index (χ3v) is 3.39. The molecule has 0 saturated heterocycles. The molecule has 0 bridgehead atoms. The van der Waals surface area contributed by atoms with Crippen molar-refractivity contribution in [3.8, 4) is 6.07 Å². The highest BCUT2D eigenvalue weighted by Gasteiger charge is 2.17. The van der Waals surface area contributed by atoms with Gasteiger partial charge in [0.1, 0.15) is 17.4 Å². The van der Waals surface area contributed by atoms with Crippen molar-refractivity contribution in [2.24, 2.45) is 0 Å². The van der Waals surface area contributed by atoms with Gasteiger partial charge in [-0.25, -0.2) is 4.39 Å². The summed E-state index contributed by atoms with van der Waals surface area (Å²) in [4.78, 5) is 11.2. The molecular weight excluding hydrogens is 267 g/mol. The first-order valence-electron chi connectivity index (χ1n) is 5.22. The van der Waals surface area contributed by atoms with E-state index in [1.54, 1.807) is 18.2 Å². The normalized spacial score (nSPS) is 9.89. The molecule has 0 aliphatic heterocycles. The van der Waals surface area contributed by atoms with Gasteiger partial charge >= 0.3 is 0 Å². The largest absolute Gasteiger partial charge is 0.288 e. The fraction of sp³-hybridized carbons (Fsp3) is 0. The predicted molar refractivity (Wildman–Crippen MR) is 68.3 cm³/mol. The van der Waals surface area contributed by atoms with Gasteiger partial charge in [-0.2, -0.15) is 5.26 Å². The van der Waals surface area contributed by atoms with Crippen molar-refractivity contribution in [1.82, 2.24) is 0 Å². The van der Waals surface area contributed by atoms with Crippen molar-refractivity contribution < 1.29 is 9.31 Å². The van der Waals surface area contributed by atoms with Crippen LogP contribution in [-0.2, 0) is 0 Å². The molecule has 0 N–H and O–H groups in total. The predicted octanol–water partition coefficient (Wildman–Crippen LogP) is 3.76. The smallest absolute Gasteiger partial charge is 0.258 e. The fourth-order valence-corrected chi connectivity index (χ4v) is 2.50. The molecule has 4 nitrogen and oxygen atoms in total. The highest BCUT2D eigenvalue weighted by molar-refractivity contribution is 7.99. The maximum Gasteiger partial charge on any atom is 0.288 e. The number of nitro benzene ring substituents is 1. The number of hydrogen-bond acceptors (Lipinski definition) is 4. The molecule has 0 amide bonds. The molecular formula is C13H7FN2O2S. The standard InChI is InChI=1S/C13H7FN2O2S/c14-9-3-1-4-10(7-9)19-13-6-2-5-12(16(17)18)11(13)8-15/h1-7H. The van der Waals surface area contributed by atoms with Crippen molar-refractivity contribution in [1.29, 1.82) is 5.26 Å².